The van der Waals surface area contributed by atoms with Crippen LogP contribution in [0.25, 0.3) is 22.1 Å². The van der Waals surface area contributed by atoms with E-state index in [0.29, 0.717) is 28.5 Å². The van der Waals surface area contributed by atoms with Crippen LogP contribution >= 0.6 is 0 Å². The highest BCUT2D eigenvalue weighted by Gasteiger charge is 2.14. The molecule has 3 aromatic carbocycles. The first-order valence-corrected chi connectivity index (χ1v) is 8.86. The third kappa shape index (κ3) is 3.35. The van der Waals surface area contributed by atoms with E-state index < -0.39 is 0 Å². The zero-order valence-corrected chi connectivity index (χ0v) is 15.3. The third-order valence-corrected chi connectivity index (χ3v) is 4.58. The van der Waals surface area contributed by atoms with Crippen LogP contribution < -0.4 is 10.1 Å². The Kier molecular flexibility index (Phi) is 4.83. The average molecular weight is 373 g/mol. The van der Waals surface area contributed by atoms with E-state index in [1.165, 1.54) is 0 Å². The molecule has 0 spiro atoms. The lowest BCUT2D eigenvalue weighted by Crippen LogP contribution is -2.13. The number of hydrogen-bond acceptors (Lipinski definition) is 4. The van der Waals surface area contributed by atoms with E-state index in [1.807, 2.05) is 42.5 Å². The van der Waals surface area contributed by atoms with Gasteiger partial charge in [-0.15, -0.1) is 0 Å². The van der Waals surface area contributed by atoms with Gasteiger partial charge in [-0.3, -0.25) is 4.79 Å². The molecule has 5 heteroatoms. The summed E-state index contributed by atoms with van der Waals surface area (Å²) in [5, 5.41) is 14.0. The summed E-state index contributed by atoms with van der Waals surface area (Å²) in [6, 6.07) is 22.3. The number of nitrogens with one attached hydrogen (secondary N) is 1. The standard InChI is InChI=1S/C23H19NO4/c1-27-22-11-9-16(21-12-10-17(14-25)28-21)13-20(22)24-23(26)19-8-4-6-15-5-2-3-7-18(15)19/h2-13,25H,14H2,1H3,(H,24,26). The minimum atomic E-state index is -0.220. The van der Waals surface area contributed by atoms with Crippen LogP contribution in [0.15, 0.2) is 77.2 Å². The number of fused-ring (bicyclic) bond motifs is 1. The zero-order chi connectivity index (χ0) is 19.5. The number of anilines is 1. The van der Waals surface area contributed by atoms with Gasteiger partial charge in [-0.2, -0.15) is 0 Å². The van der Waals surface area contributed by atoms with E-state index in [2.05, 4.69) is 5.32 Å². The molecule has 0 saturated carbocycles. The second-order valence-electron chi connectivity index (χ2n) is 6.32. The van der Waals surface area contributed by atoms with Crippen LogP contribution in [-0.4, -0.2) is 18.1 Å². The smallest absolute Gasteiger partial charge is 0.256 e. The van der Waals surface area contributed by atoms with E-state index in [9.17, 15) is 9.90 Å². The highest BCUT2D eigenvalue weighted by Crippen LogP contribution is 2.32. The van der Waals surface area contributed by atoms with Crippen molar-refractivity contribution in [2.45, 2.75) is 6.61 Å². The molecular formula is C23H19NO4. The number of carbonyl (C=O) groups is 1. The molecule has 2 N–H and O–H groups in total. The highest BCUT2D eigenvalue weighted by atomic mass is 16.5. The predicted octanol–water partition coefficient (Wildman–Crippen LogP) is 4.85. The summed E-state index contributed by atoms with van der Waals surface area (Å²) < 4.78 is 11.0. The van der Waals surface area contributed by atoms with Gasteiger partial charge in [0, 0.05) is 11.1 Å². The summed E-state index contributed by atoms with van der Waals surface area (Å²) in [6.45, 7) is -0.166. The van der Waals surface area contributed by atoms with Crippen molar-refractivity contribution in [3.05, 3.63) is 84.1 Å². The van der Waals surface area contributed by atoms with Gasteiger partial charge in [0.05, 0.1) is 12.8 Å². The molecule has 4 aromatic rings. The first-order chi connectivity index (χ1) is 13.7. The molecule has 1 amide bonds. The van der Waals surface area contributed by atoms with Crippen molar-refractivity contribution in [3.63, 3.8) is 0 Å². The fourth-order valence-corrected chi connectivity index (χ4v) is 3.19. The number of ether oxygens (including phenoxy) is 1. The van der Waals surface area contributed by atoms with Crippen molar-refractivity contribution in [1.82, 2.24) is 0 Å². The lowest BCUT2D eigenvalue weighted by atomic mass is 10.0. The van der Waals surface area contributed by atoms with Crippen molar-refractivity contribution in [1.29, 1.82) is 0 Å². The van der Waals surface area contributed by atoms with Gasteiger partial charge < -0.3 is 19.6 Å². The second-order valence-corrected chi connectivity index (χ2v) is 6.32. The molecule has 1 aromatic heterocycles. The van der Waals surface area contributed by atoms with Gasteiger partial charge in [0.15, 0.2) is 0 Å². The highest BCUT2D eigenvalue weighted by molar-refractivity contribution is 6.13. The SMILES string of the molecule is COc1ccc(-c2ccc(CO)o2)cc1NC(=O)c1cccc2ccccc12. The van der Waals surface area contributed by atoms with Crippen LogP contribution in [0.5, 0.6) is 5.75 Å². The maximum atomic E-state index is 13.0. The third-order valence-electron chi connectivity index (χ3n) is 4.58. The largest absolute Gasteiger partial charge is 0.495 e. The molecule has 0 fully saturated rings. The molecule has 0 bridgehead atoms. The number of aliphatic hydroxyl groups excluding tert-OH is 1. The van der Waals surface area contributed by atoms with Crippen LogP contribution in [-0.2, 0) is 6.61 Å². The molecule has 140 valence electrons. The van der Waals surface area contributed by atoms with Crippen molar-refractivity contribution in [3.8, 4) is 17.1 Å². The summed E-state index contributed by atoms with van der Waals surface area (Å²) in [5.74, 6) is 1.41. The maximum Gasteiger partial charge on any atom is 0.256 e. The summed E-state index contributed by atoms with van der Waals surface area (Å²) in [7, 11) is 1.55. The minimum absolute atomic E-state index is 0.166. The van der Waals surface area contributed by atoms with Gasteiger partial charge in [0.2, 0.25) is 0 Å². The number of amides is 1. The summed E-state index contributed by atoms with van der Waals surface area (Å²) in [5.41, 5.74) is 1.90. The van der Waals surface area contributed by atoms with Gasteiger partial charge in [-0.05, 0) is 47.2 Å². The Morgan fingerprint density at radius 2 is 1.86 bits per heavy atom. The molecule has 4 rings (SSSR count). The Morgan fingerprint density at radius 3 is 2.64 bits per heavy atom. The number of methoxy groups -OCH3 is 1. The Labute approximate surface area is 162 Å². The first-order valence-electron chi connectivity index (χ1n) is 8.86. The number of furan rings is 1. The first kappa shape index (κ1) is 17.8. The lowest BCUT2D eigenvalue weighted by Gasteiger charge is -2.13. The van der Waals surface area contributed by atoms with Gasteiger partial charge in [-0.25, -0.2) is 0 Å². The Bertz CT molecular complexity index is 1140. The van der Waals surface area contributed by atoms with Crippen molar-refractivity contribution < 1.29 is 19.1 Å². The average Bonchev–Trinajstić information content (AvgIpc) is 3.22. The Morgan fingerprint density at radius 1 is 1.04 bits per heavy atom. The second kappa shape index (κ2) is 7.58. The number of aliphatic hydroxyl groups is 1. The molecule has 0 aliphatic carbocycles. The molecule has 0 atom stereocenters. The fraction of sp³-hybridized carbons (Fsp3) is 0.0870. The Hall–Kier alpha value is -3.57. The van der Waals surface area contributed by atoms with Gasteiger partial charge >= 0.3 is 0 Å². The van der Waals surface area contributed by atoms with Gasteiger partial charge in [0.25, 0.3) is 5.91 Å². The van der Waals surface area contributed by atoms with E-state index in [-0.39, 0.29) is 12.5 Å². The van der Waals surface area contributed by atoms with Crippen LogP contribution in [0.3, 0.4) is 0 Å². The van der Waals surface area contributed by atoms with Gasteiger partial charge in [0.1, 0.15) is 23.9 Å². The minimum Gasteiger partial charge on any atom is -0.495 e. The summed E-state index contributed by atoms with van der Waals surface area (Å²) in [6.07, 6.45) is 0. The zero-order valence-electron chi connectivity index (χ0n) is 15.3. The number of rotatable bonds is 5. The van der Waals surface area contributed by atoms with E-state index in [4.69, 9.17) is 9.15 Å². The Balaban J connectivity index is 1.69. The molecule has 5 nitrogen and oxygen atoms in total. The number of hydrogen-bond donors (Lipinski definition) is 2. The number of carbonyl (C=O) groups excluding carboxylic acids is 1. The van der Waals surface area contributed by atoms with Crippen molar-refractivity contribution in [2.75, 3.05) is 12.4 Å². The molecule has 28 heavy (non-hydrogen) atoms. The quantitative estimate of drug-likeness (QED) is 0.524. The van der Waals surface area contributed by atoms with Crippen molar-refractivity contribution >= 4 is 22.4 Å². The van der Waals surface area contributed by atoms with E-state index in [0.717, 1.165) is 16.3 Å². The fourth-order valence-electron chi connectivity index (χ4n) is 3.19. The van der Waals surface area contributed by atoms with Crippen LogP contribution in [0, 0.1) is 0 Å². The predicted molar refractivity (Wildman–Crippen MR) is 109 cm³/mol. The summed E-state index contributed by atoms with van der Waals surface area (Å²) in [4.78, 5) is 13.0. The molecule has 0 radical (unpaired) electrons. The maximum absolute atomic E-state index is 13.0. The molecule has 1 heterocycles. The van der Waals surface area contributed by atoms with Crippen LogP contribution in [0.1, 0.15) is 16.1 Å². The topological polar surface area (TPSA) is 71.7 Å². The molecule has 0 saturated heterocycles. The van der Waals surface area contributed by atoms with Gasteiger partial charge in [-0.1, -0.05) is 36.4 Å². The number of benzene rings is 3. The van der Waals surface area contributed by atoms with Crippen LogP contribution in [0.2, 0.25) is 0 Å². The van der Waals surface area contributed by atoms with Crippen molar-refractivity contribution in [2.24, 2.45) is 0 Å². The van der Waals surface area contributed by atoms with E-state index in [1.54, 1.807) is 37.4 Å². The lowest BCUT2D eigenvalue weighted by molar-refractivity contribution is 0.102. The molecule has 0 aliphatic rings. The summed E-state index contributed by atoms with van der Waals surface area (Å²) >= 11 is 0. The van der Waals surface area contributed by atoms with Crippen LogP contribution in [0.4, 0.5) is 5.69 Å². The molecule has 0 aliphatic heterocycles. The molecular weight excluding hydrogens is 354 g/mol. The van der Waals surface area contributed by atoms with E-state index >= 15 is 0 Å². The monoisotopic (exact) mass is 373 g/mol. The normalized spacial score (nSPS) is 10.8. The molecule has 0 unspecified atom stereocenters.